The Bertz CT molecular complexity index is 1060. The molecule has 0 radical (unpaired) electrons. The molecule has 1 amide bonds. The number of ketones is 1. The molecule has 0 unspecified atom stereocenters. The number of benzene rings is 3. The van der Waals surface area contributed by atoms with E-state index in [1.165, 1.54) is 48.2 Å². The van der Waals surface area contributed by atoms with E-state index < -0.39 is 6.09 Å². The highest BCUT2D eigenvalue weighted by molar-refractivity contribution is 5.79. The molecule has 0 bridgehead atoms. The Kier molecular flexibility index (Phi) is 7.49. The van der Waals surface area contributed by atoms with Crippen LogP contribution in [0.15, 0.2) is 66.7 Å². The monoisotopic (exact) mass is 433 g/mol. The Morgan fingerprint density at radius 3 is 2.00 bits per heavy atom. The molecule has 0 spiro atoms. The number of ether oxygens (including phenoxy) is 1. The molecular weight excluding hydrogens is 406 g/mol. The van der Waals surface area contributed by atoms with Crippen molar-refractivity contribution in [3.8, 4) is 22.6 Å². The summed E-state index contributed by atoms with van der Waals surface area (Å²) in [6.45, 7) is 3.71. The number of phenolic OH excluding ortho intramolecular Hbond substituents is 2. The first kappa shape index (κ1) is 22.9. The van der Waals surface area contributed by atoms with Gasteiger partial charge in [-0.1, -0.05) is 54.6 Å². The summed E-state index contributed by atoms with van der Waals surface area (Å²) in [6.07, 6.45) is 0.0581. The maximum atomic E-state index is 12.1. The normalized spacial score (nSPS) is 11.6. The Morgan fingerprint density at radius 2 is 1.44 bits per heavy atom. The molecule has 3 aromatic carbocycles. The molecule has 4 rings (SSSR count). The summed E-state index contributed by atoms with van der Waals surface area (Å²) in [5.41, 5.74) is 5.56. The van der Waals surface area contributed by atoms with Gasteiger partial charge in [-0.2, -0.15) is 0 Å². The standard InChI is InChI=1S/C23H21NO4.C3H6O/c25-21-10-9-15(13-22(21)26)11-12-24-23(27)28-14-20-18-7-3-1-5-16(18)17-6-2-4-8-19(17)20;1-3(2)4/h1-10,13,20,25-26H,11-12,14H2,(H,24,27);1-2H3. The fraction of sp³-hybridized carbons (Fsp3) is 0.231. The lowest BCUT2D eigenvalue weighted by molar-refractivity contribution is -0.115. The van der Waals surface area contributed by atoms with Gasteiger partial charge in [0.2, 0.25) is 0 Å². The molecule has 0 aliphatic heterocycles. The van der Waals surface area contributed by atoms with Crippen LogP contribution in [0.5, 0.6) is 11.5 Å². The third-order valence-corrected chi connectivity index (χ3v) is 5.07. The van der Waals surface area contributed by atoms with Gasteiger partial charge in [-0.15, -0.1) is 0 Å². The highest BCUT2D eigenvalue weighted by Gasteiger charge is 2.28. The van der Waals surface area contributed by atoms with E-state index in [9.17, 15) is 19.8 Å². The van der Waals surface area contributed by atoms with Crippen LogP contribution in [0, 0.1) is 0 Å². The van der Waals surface area contributed by atoms with Gasteiger partial charge in [0.25, 0.3) is 0 Å². The lowest BCUT2D eigenvalue weighted by Gasteiger charge is -2.14. The number of amides is 1. The van der Waals surface area contributed by atoms with Crippen molar-refractivity contribution >= 4 is 11.9 Å². The van der Waals surface area contributed by atoms with Crippen molar-refractivity contribution in [2.45, 2.75) is 26.2 Å². The summed E-state index contributed by atoms with van der Waals surface area (Å²) in [5, 5.41) is 21.6. The second-order valence-electron chi connectivity index (χ2n) is 7.73. The second kappa shape index (κ2) is 10.5. The van der Waals surface area contributed by atoms with E-state index in [1.54, 1.807) is 6.07 Å². The summed E-state index contributed by atoms with van der Waals surface area (Å²) >= 11 is 0. The van der Waals surface area contributed by atoms with Crippen molar-refractivity contribution in [3.05, 3.63) is 83.4 Å². The van der Waals surface area contributed by atoms with Gasteiger partial charge in [0.05, 0.1) is 0 Å². The topological polar surface area (TPSA) is 95.9 Å². The molecule has 1 aliphatic carbocycles. The SMILES string of the molecule is CC(C)=O.O=C(NCCc1ccc(O)c(O)c1)OCC1c2ccccc2-c2ccccc21. The molecular formula is C26H27NO5. The fourth-order valence-electron chi connectivity index (χ4n) is 3.68. The molecule has 0 atom stereocenters. The van der Waals surface area contributed by atoms with Crippen LogP contribution < -0.4 is 5.32 Å². The minimum absolute atomic E-state index is 0.0344. The molecule has 0 saturated heterocycles. The minimum Gasteiger partial charge on any atom is -0.504 e. The van der Waals surface area contributed by atoms with Gasteiger partial charge in [-0.3, -0.25) is 0 Å². The largest absolute Gasteiger partial charge is 0.504 e. The maximum absolute atomic E-state index is 12.1. The van der Waals surface area contributed by atoms with Gasteiger partial charge >= 0.3 is 6.09 Å². The van der Waals surface area contributed by atoms with Crippen LogP contribution in [0.3, 0.4) is 0 Å². The maximum Gasteiger partial charge on any atom is 0.407 e. The number of fused-ring (bicyclic) bond motifs is 3. The Morgan fingerprint density at radius 1 is 0.875 bits per heavy atom. The van der Waals surface area contributed by atoms with Crippen LogP contribution in [0.2, 0.25) is 0 Å². The van der Waals surface area contributed by atoms with E-state index in [1.807, 2.05) is 24.3 Å². The lowest BCUT2D eigenvalue weighted by atomic mass is 9.98. The van der Waals surface area contributed by atoms with Crippen LogP contribution in [-0.4, -0.2) is 35.2 Å². The molecule has 3 N–H and O–H groups in total. The smallest absolute Gasteiger partial charge is 0.407 e. The molecule has 1 aliphatic rings. The van der Waals surface area contributed by atoms with Crippen LogP contribution in [0.1, 0.15) is 36.5 Å². The summed E-state index contributed by atoms with van der Waals surface area (Å²) in [7, 11) is 0. The predicted molar refractivity (Wildman–Crippen MR) is 123 cm³/mol. The highest BCUT2D eigenvalue weighted by Crippen LogP contribution is 2.44. The van der Waals surface area contributed by atoms with Crippen LogP contribution in [0.25, 0.3) is 11.1 Å². The van der Waals surface area contributed by atoms with E-state index in [4.69, 9.17) is 4.74 Å². The number of alkyl carbamates (subject to hydrolysis) is 1. The van der Waals surface area contributed by atoms with Crippen LogP contribution >= 0.6 is 0 Å². The first-order valence-corrected chi connectivity index (χ1v) is 10.4. The van der Waals surface area contributed by atoms with E-state index in [2.05, 4.69) is 29.6 Å². The molecule has 6 nitrogen and oxygen atoms in total. The minimum atomic E-state index is -0.468. The Hall–Kier alpha value is -3.80. The third-order valence-electron chi connectivity index (χ3n) is 5.07. The number of rotatable bonds is 5. The highest BCUT2D eigenvalue weighted by atomic mass is 16.5. The van der Waals surface area contributed by atoms with Crippen molar-refractivity contribution in [1.82, 2.24) is 5.32 Å². The number of Topliss-reactive ketones (excluding diaryl/α,β-unsaturated/α-hetero) is 1. The van der Waals surface area contributed by atoms with Crippen molar-refractivity contribution in [2.24, 2.45) is 0 Å². The van der Waals surface area contributed by atoms with Crippen LogP contribution in [0.4, 0.5) is 4.79 Å². The van der Waals surface area contributed by atoms with Crippen molar-refractivity contribution in [2.75, 3.05) is 13.2 Å². The first-order valence-electron chi connectivity index (χ1n) is 10.4. The quantitative estimate of drug-likeness (QED) is 0.504. The number of nitrogens with one attached hydrogen (secondary N) is 1. The molecule has 32 heavy (non-hydrogen) atoms. The summed E-state index contributed by atoms with van der Waals surface area (Å²) < 4.78 is 5.48. The van der Waals surface area contributed by atoms with Crippen LogP contribution in [-0.2, 0) is 16.0 Å². The number of hydrogen-bond donors (Lipinski definition) is 3. The molecule has 166 valence electrons. The second-order valence-corrected chi connectivity index (χ2v) is 7.73. The van der Waals surface area contributed by atoms with Crippen molar-refractivity contribution in [3.63, 3.8) is 0 Å². The number of carbonyl (C=O) groups excluding carboxylic acids is 2. The molecule has 0 fully saturated rings. The van der Waals surface area contributed by atoms with E-state index in [0.29, 0.717) is 13.0 Å². The first-order chi connectivity index (χ1) is 15.4. The average molecular weight is 434 g/mol. The third kappa shape index (κ3) is 5.66. The van der Waals surface area contributed by atoms with E-state index in [0.717, 1.165) is 5.56 Å². The molecule has 3 aromatic rings. The Balaban J connectivity index is 0.000000668. The van der Waals surface area contributed by atoms with Crippen molar-refractivity contribution < 1.29 is 24.5 Å². The summed E-state index contributed by atoms with van der Waals surface area (Å²) in [6, 6.07) is 21.0. The zero-order valence-electron chi connectivity index (χ0n) is 18.2. The number of aromatic hydroxyl groups is 2. The number of hydrogen-bond acceptors (Lipinski definition) is 5. The lowest BCUT2D eigenvalue weighted by Crippen LogP contribution is -2.28. The summed E-state index contributed by atoms with van der Waals surface area (Å²) in [5.74, 6) is -0.126. The van der Waals surface area contributed by atoms with E-state index in [-0.39, 0.29) is 29.8 Å². The van der Waals surface area contributed by atoms with Gasteiger partial charge in [0, 0.05) is 12.5 Å². The van der Waals surface area contributed by atoms with E-state index >= 15 is 0 Å². The average Bonchev–Trinajstić information content (AvgIpc) is 3.08. The molecule has 0 saturated carbocycles. The Labute approximate surface area is 187 Å². The number of phenols is 2. The van der Waals surface area contributed by atoms with Crippen molar-refractivity contribution in [1.29, 1.82) is 0 Å². The van der Waals surface area contributed by atoms with Gasteiger partial charge < -0.3 is 25.1 Å². The fourth-order valence-corrected chi connectivity index (χ4v) is 3.68. The molecule has 0 heterocycles. The molecule has 6 heteroatoms. The predicted octanol–water partition coefficient (Wildman–Crippen LogP) is 4.77. The zero-order chi connectivity index (χ0) is 23.1. The zero-order valence-corrected chi connectivity index (χ0v) is 18.2. The number of carbonyl (C=O) groups is 2. The van der Waals surface area contributed by atoms with Gasteiger partial charge in [-0.25, -0.2) is 4.79 Å². The summed E-state index contributed by atoms with van der Waals surface area (Å²) in [4.78, 5) is 21.6. The van der Waals surface area contributed by atoms with Gasteiger partial charge in [0.1, 0.15) is 12.4 Å². The van der Waals surface area contributed by atoms with Gasteiger partial charge in [0.15, 0.2) is 11.5 Å². The van der Waals surface area contributed by atoms with Gasteiger partial charge in [-0.05, 0) is 60.2 Å². The molecule has 0 aromatic heterocycles.